The molecule has 2 fully saturated rings. The number of aryl methyl sites for hydroxylation is 1. The van der Waals surface area contributed by atoms with Crippen molar-refractivity contribution >= 4 is 11.8 Å². The smallest absolute Gasteiger partial charge is 0.255 e. The van der Waals surface area contributed by atoms with Crippen LogP contribution in [0.25, 0.3) is 0 Å². The van der Waals surface area contributed by atoms with Gasteiger partial charge in [-0.3, -0.25) is 14.6 Å². The summed E-state index contributed by atoms with van der Waals surface area (Å²) in [5, 5.41) is 0. The van der Waals surface area contributed by atoms with Crippen molar-refractivity contribution < 1.29 is 14.3 Å². The third kappa shape index (κ3) is 2.59. The molecule has 0 spiro atoms. The summed E-state index contributed by atoms with van der Waals surface area (Å²) in [6, 6.07) is 3.76. The lowest BCUT2D eigenvalue weighted by Crippen LogP contribution is -2.40. The molecule has 2 aliphatic heterocycles. The lowest BCUT2D eigenvalue weighted by molar-refractivity contribution is -0.129. The molecule has 1 aromatic heterocycles. The van der Waals surface area contributed by atoms with Crippen molar-refractivity contribution in [3.63, 3.8) is 0 Å². The zero-order valence-electron chi connectivity index (χ0n) is 13.0. The van der Waals surface area contributed by atoms with Crippen LogP contribution in [0.3, 0.4) is 0 Å². The largest absolute Gasteiger partial charge is 0.383 e. The zero-order chi connectivity index (χ0) is 15.7. The van der Waals surface area contributed by atoms with Crippen LogP contribution in [0.2, 0.25) is 0 Å². The number of fused-ring (bicyclic) bond motifs is 1. The minimum absolute atomic E-state index is 0.0156. The van der Waals surface area contributed by atoms with Crippen LogP contribution in [0.1, 0.15) is 28.9 Å². The first-order chi connectivity index (χ1) is 10.6. The highest BCUT2D eigenvalue weighted by Gasteiger charge is 2.48. The molecule has 2 amide bonds. The monoisotopic (exact) mass is 303 g/mol. The van der Waals surface area contributed by atoms with Crippen LogP contribution < -0.4 is 0 Å². The number of hydrogen-bond donors (Lipinski definition) is 0. The first-order valence-electron chi connectivity index (χ1n) is 7.64. The molecule has 0 bridgehead atoms. The Bertz CT molecular complexity index is 573. The normalized spacial score (nSPS) is 24.0. The standard InChI is InChI=1S/C16H21N3O3/c1-11-3-4-12(10-17-11)16(21)19-6-5-13-14(19)9-15(20)18(13)7-8-22-2/h3-4,10,13-14H,5-9H2,1-2H3/t13-,14+/m1/s1. The third-order valence-corrected chi connectivity index (χ3v) is 4.57. The summed E-state index contributed by atoms with van der Waals surface area (Å²) in [6.45, 7) is 3.72. The lowest BCUT2D eigenvalue weighted by atomic mass is 10.1. The van der Waals surface area contributed by atoms with Gasteiger partial charge in [-0.2, -0.15) is 0 Å². The second-order valence-electron chi connectivity index (χ2n) is 5.89. The van der Waals surface area contributed by atoms with Gasteiger partial charge in [-0.1, -0.05) is 0 Å². The van der Waals surface area contributed by atoms with Gasteiger partial charge in [0.25, 0.3) is 5.91 Å². The maximum absolute atomic E-state index is 12.7. The molecule has 22 heavy (non-hydrogen) atoms. The maximum Gasteiger partial charge on any atom is 0.255 e. The number of likely N-dealkylation sites (tertiary alicyclic amines) is 2. The molecule has 118 valence electrons. The van der Waals surface area contributed by atoms with Crippen molar-refractivity contribution in [2.45, 2.75) is 31.8 Å². The van der Waals surface area contributed by atoms with Crippen molar-refractivity contribution in [3.8, 4) is 0 Å². The van der Waals surface area contributed by atoms with E-state index >= 15 is 0 Å². The number of carbonyl (C=O) groups excluding carboxylic acids is 2. The van der Waals surface area contributed by atoms with E-state index in [-0.39, 0.29) is 23.9 Å². The molecule has 0 radical (unpaired) electrons. The van der Waals surface area contributed by atoms with Gasteiger partial charge in [0.05, 0.1) is 24.3 Å². The predicted molar refractivity (Wildman–Crippen MR) is 80.4 cm³/mol. The van der Waals surface area contributed by atoms with E-state index in [0.717, 1.165) is 12.1 Å². The van der Waals surface area contributed by atoms with Crippen molar-refractivity contribution in [2.75, 3.05) is 26.8 Å². The SMILES string of the molecule is COCCN1C(=O)C[C@H]2[C@H]1CCN2C(=O)c1ccc(C)nc1. The molecule has 2 saturated heterocycles. The quantitative estimate of drug-likeness (QED) is 0.827. The Morgan fingerprint density at radius 2 is 2.23 bits per heavy atom. The Morgan fingerprint density at radius 3 is 2.91 bits per heavy atom. The van der Waals surface area contributed by atoms with Crippen LogP contribution in [0.15, 0.2) is 18.3 Å². The van der Waals surface area contributed by atoms with Crippen LogP contribution in [-0.2, 0) is 9.53 Å². The summed E-state index contributed by atoms with van der Waals surface area (Å²) in [5.41, 5.74) is 1.48. The summed E-state index contributed by atoms with van der Waals surface area (Å²) in [5.74, 6) is 0.0907. The summed E-state index contributed by atoms with van der Waals surface area (Å²) in [4.78, 5) is 32.7. The van der Waals surface area contributed by atoms with Crippen LogP contribution in [0.5, 0.6) is 0 Å². The van der Waals surface area contributed by atoms with Gasteiger partial charge in [0.15, 0.2) is 0 Å². The third-order valence-electron chi connectivity index (χ3n) is 4.57. The van der Waals surface area contributed by atoms with Gasteiger partial charge >= 0.3 is 0 Å². The number of ether oxygens (including phenoxy) is 1. The topological polar surface area (TPSA) is 62.7 Å². The van der Waals surface area contributed by atoms with Gasteiger partial charge in [0.1, 0.15) is 0 Å². The molecule has 1 aromatic rings. The van der Waals surface area contributed by atoms with E-state index in [9.17, 15) is 9.59 Å². The fourth-order valence-corrected chi connectivity index (χ4v) is 3.42. The van der Waals surface area contributed by atoms with Crippen molar-refractivity contribution in [2.24, 2.45) is 0 Å². The molecule has 0 aromatic carbocycles. The van der Waals surface area contributed by atoms with Crippen molar-refractivity contribution in [1.82, 2.24) is 14.8 Å². The second kappa shape index (κ2) is 6.04. The minimum atomic E-state index is -0.0265. The summed E-state index contributed by atoms with van der Waals surface area (Å²) >= 11 is 0. The molecule has 0 unspecified atom stereocenters. The number of pyridine rings is 1. The highest BCUT2D eigenvalue weighted by Crippen LogP contribution is 2.33. The van der Waals surface area contributed by atoms with E-state index in [2.05, 4.69) is 4.98 Å². The zero-order valence-corrected chi connectivity index (χ0v) is 13.0. The second-order valence-corrected chi connectivity index (χ2v) is 5.89. The van der Waals surface area contributed by atoms with E-state index in [0.29, 0.717) is 31.7 Å². The van der Waals surface area contributed by atoms with Gasteiger partial charge in [0, 0.05) is 38.5 Å². The Balaban J connectivity index is 1.74. The van der Waals surface area contributed by atoms with Gasteiger partial charge in [-0.25, -0.2) is 0 Å². The van der Waals surface area contributed by atoms with E-state index in [1.165, 1.54) is 0 Å². The maximum atomic E-state index is 12.7. The first-order valence-corrected chi connectivity index (χ1v) is 7.64. The first kappa shape index (κ1) is 15.0. The molecule has 0 aliphatic carbocycles. The van der Waals surface area contributed by atoms with E-state index < -0.39 is 0 Å². The fraction of sp³-hybridized carbons (Fsp3) is 0.562. The van der Waals surface area contributed by atoms with Crippen LogP contribution in [-0.4, -0.2) is 65.5 Å². The predicted octanol–water partition coefficient (Wildman–Crippen LogP) is 0.852. The molecule has 2 atom stereocenters. The van der Waals surface area contributed by atoms with Crippen LogP contribution >= 0.6 is 0 Å². The highest BCUT2D eigenvalue weighted by atomic mass is 16.5. The molecule has 6 nitrogen and oxygen atoms in total. The molecule has 3 heterocycles. The number of rotatable bonds is 4. The number of hydrogen-bond acceptors (Lipinski definition) is 4. The molecular formula is C16H21N3O3. The Hall–Kier alpha value is -1.95. The average Bonchev–Trinajstić information content (AvgIpc) is 3.04. The average molecular weight is 303 g/mol. The molecular weight excluding hydrogens is 282 g/mol. The lowest BCUT2D eigenvalue weighted by Gasteiger charge is -2.25. The fourth-order valence-electron chi connectivity index (χ4n) is 3.42. The number of carbonyl (C=O) groups is 2. The Labute approximate surface area is 130 Å². The van der Waals surface area contributed by atoms with Gasteiger partial charge in [-0.05, 0) is 25.5 Å². The van der Waals surface area contributed by atoms with E-state index in [1.54, 1.807) is 19.4 Å². The van der Waals surface area contributed by atoms with Gasteiger partial charge < -0.3 is 14.5 Å². The van der Waals surface area contributed by atoms with E-state index in [4.69, 9.17) is 4.74 Å². The van der Waals surface area contributed by atoms with E-state index in [1.807, 2.05) is 22.8 Å². The summed E-state index contributed by atoms with van der Waals surface area (Å²) in [7, 11) is 1.63. The Morgan fingerprint density at radius 1 is 1.41 bits per heavy atom. The van der Waals surface area contributed by atoms with Crippen molar-refractivity contribution in [3.05, 3.63) is 29.6 Å². The molecule has 6 heteroatoms. The Kier molecular flexibility index (Phi) is 4.11. The van der Waals surface area contributed by atoms with Crippen LogP contribution in [0.4, 0.5) is 0 Å². The molecule has 0 N–H and O–H groups in total. The molecule has 0 saturated carbocycles. The summed E-state index contributed by atoms with van der Waals surface area (Å²) < 4.78 is 5.07. The van der Waals surface area contributed by atoms with Crippen LogP contribution in [0, 0.1) is 6.92 Å². The number of aromatic nitrogens is 1. The molecule has 3 rings (SSSR count). The number of methoxy groups -OCH3 is 1. The van der Waals surface area contributed by atoms with Crippen molar-refractivity contribution in [1.29, 1.82) is 0 Å². The molecule has 2 aliphatic rings. The van der Waals surface area contributed by atoms with Gasteiger partial charge in [-0.15, -0.1) is 0 Å². The number of nitrogens with zero attached hydrogens (tertiary/aromatic N) is 3. The number of amides is 2. The summed E-state index contributed by atoms with van der Waals surface area (Å²) in [6.07, 6.45) is 2.87. The highest BCUT2D eigenvalue weighted by molar-refractivity contribution is 5.95. The minimum Gasteiger partial charge on any atom is -0.383 e. The van der Waals surface area contributed by atoms with Gasteiger partial charge in [0.2, 0.25) is 5.91 Å².